The molecule has 0 bridgehead atoms. The second-order valence-electron chi connectivity index (χ2n) is 3.73. The van der Waals surface area contributed by atoms with Gasteiger partial charge in [0, 0.05) is 18.9 Å². The number of amides is 1. The Morgan fingerprint density at radius 1 is 1.53 bits per heavy atom. The summed E-state index contributed by atoms with van der Waals surface area (Å²) in [6.45, 7) is 5.79. The Hall–Kier alpha value is -1.36. The Bertz CT molecular complexity index is 333. The predicted octanol–water partition coefficient (Wildman–Crippen LogP) is 1.51. The third-order valence-corrected chi connectivity index (χ3v) is 2.19. The lowest BCUT2D eigenvalue weighted by molar-refractivity contribution is -0.124. The van der Waals surface area contributed by atoms with Gasteiger partial charge in [0.15, 0.2) is 5.82 Å². The summed E-state index contributed by atoms with van der Waals surface area (Å²) in [5.41, 5.74) is 0.996. The van der Waals surface area contributed by atoms with Crippen LogP contribution >= 0.6 is 0 Å². The number of methoxy groups -OCH3 is 1. The first-order valence-corrected chi connectivity index (χ1v) is 4.93. The molecule has 84 valence electrons. The van der Waals surface area contributed by atoms with Crippen molar-refractivity contribution in [3.63, 3.8) is 0 Å². The van der Waals surface area contributed by atoms with Crippen LogP contribution in [0.4, 0.5) is 5.82 Å². The fraction of sp³-hybridized carbons (Fsp3) is 0.600. The average Bonchev–Trinajstić information content (AvgIpc) is 2.65. The monoisotopic (exact) mass is 211 g/mol. The number of H-pyrrole nitrogens is 1. The van der Waals surface area contributed by atoms with E-state index in [-0.39, 0.29) is 5.91 Å². The molecule has 5 nitrogen and oxygen atoms in total. The summed E-state index contributed by atoms with van der Waals surface area (Å²) in [5.74, 6) is 0.704. The van der Waals surface area contributed by atoms with E-state index in [2.05, 4.69) is 29.4 Å². The van der Waals surface area contributed by atoms with Gasteiger partial charge >= 0.3 is 0 Å². The summed E-state index contributed by atoms with van der Waals surface area (Å²) in [5, 5.41) is 9.51. The molecule has 0 saturated heterocycles. The van der Waals surface area contributed by atoms with Crippen LogP contribution in [0, 0.1) is 0 Å². The van der Waals surface area contributed by atoms with Crippen LogP contribution in [0.25, 0.3) is 0 Å². The number of ether oxygens (including phenoxy) is 1. The summed E-state index contributed by atoms with van der Waals surface area (Å²) in [7, 11) is 1.49. The Morgan fingerprint density at radius 3 is 2.67 bits per heavy atom. The summed E-state index contributed by atoms with van der Waals surface area (Å²) in [6.07, 6.45) is -0.468. The molecule has 0 aromatic carbocycles. The molecule has 0 fully saturated rings. The molecule has 15 heavy (non-hydrogen) atoms. The van der Waals surface area contributed by atoms with E-state index < -0.39 is 6.10 Å². The number of nitrogens with zero attached hydrogens (tertiary/aromatic N) is 1. The van der Waals surface area contributed by atoms with Gasteiger partial charge in [-0.3, -0.25) is 9.89 Å². The van der Waals surface area contributed by atoms with Crippen LogP contribution in [0.2, 0.25) is 0 Å². The normalized spacial score (nSPS) is 12.9. The van der Waals surface area contributed by atoms with Crippen molar-refractivity contribution in [2.75, 3.05) is 12.4 Å². The van der Waals surface area contributed by atoms with Gasteiger partial charge in [0.1, 0.15) is 6.10 Å². The molecule has 0 aliphatic rings. The summed E-state index contributed by atoms with van der Waals surface area (Å²) in [4.78, 5) is 11.4. The molecule has 2 N–H and O–H groups in total. The highest BCUT2D eigenvalue weighted by molar-refractivity contribution is 5.93. The zero-order valence-electron chi connectivity index (χ0n) is 9.50. The van der Waals surface area contributed by atoms with E-state index in [4.69, 9.17) is 4.74 Å². The van der Waals surface area contributed by atoms with Gasteiger partial charge in [0.25, 0.3) is 5.91 Å². The van der Waals surface area contributed by atoms with Crippen molar-refractivity contribution < 1.29 is 9.53 Å². The lowest BCUT2D eigenvalue weighted by atomic mass is 10.1. The first-order chi connectivity index (χ1) is 7.04. The molecule has 1 aromatic rings. The average molecular weight is 211 g/mol. The van der Waals surface area contributed by atoms with Crippen molar-refractivity contribution in [3.05, 3.63) is 11.8 Å². The van der Waals surface area contributed by atoms with Crippen molar-refractivity contribution in [2.45, 2.75) is 32.8 Å². The predicted molar refractivity (Wildman–Crippen MR) is 57.8 cm³/mol. The lowest BCUT2D eigenvalue weighted by Crippen LogP contribution is -2.26. The molecule has 1 atom stereocenters. The van der Waals surface area contributed by atoms with E-state index in [1.54, 1.807) is 6.92 Å². The molecule has 1 amide bonds. The van der Waals surface area contributed by atoms with E-state index in [0.29, 0.717) is 11.7 Å². The van der Waals surface area contributed by atoms with Crippen LogP contribution in [0.5, 0.6) is 0 Å². The minimum absolute atomic E-state index is 0.195. The molecular weight excluding hydrogens is 194 g/mol. The van der Waals surface area contributed by atoms with Crippen LogP contribution in [0.15, 0.2) is 6.07 Å². The van der Waals surface area contributed by atoms with Gasteiger partial charge in [-0.1, -0.05) is 13.8 Å². The smallest absolute Gasteiger partial charge is 0.254 e. The molecule has 0 aliphatic carbocycles. The number of carbonyl (C=O) groups is 1. The van der Waals surface area contributed by atoms with E-state index >= 15 is 0 Å². The Labute approximate surface area is 89.2 Å². The Balaban J connectivity index is 2.61. The summed E-state index contributed by atoms with van der Waals surface area (Å²) in [6, 6.07) is 1.82. The number of hydrogen-bond donors (Lipinski definition) is 2. The number of anilines is 1. The zero-order valence-corrected chi connectivity index (χ0v) is 9.50. The Morgan fingerprint density at radius 2 is 2.20 bits per heavy atom. The molecule has 0 spiro atoms. The second-order valence-corrected chi connectivity index (χ2v) is 3.73. The standard InChI is InChI=1S/C10H17N3O2/c1-6(2)8-5-9(13-12-8)11-10(14)7(3)15-4/h5-7H,1-4H3,(H2,11,12,13,14). The van der Waals surface area contributed by atoms with Crippen molar-refractivity contribution in [1.29, 1.82) is 0 Å². The molecule has 5 heteroatoms. The second kappa shape index (κ2) is 4.93. The molecule has 1 rings (SSSR count). The van der Waals surface area contributed by atoms with E-state index in [0.717, 1.165) is 5.69 Å². The van der Waals surface area contributed by atoms with Crippen LogP contribution < -0.4 is 5.32 Å². The minimum Gasteiger partial charge on any atom is -0.372 e. The first-order valence-electron chi connectivity index (χ1n) is 4.93. The van der Waals surface area contributed by atoms with Gasteiger partial charge in [-0.2, -0.15) is 5.10 Å². The number of nitrogens with one attached hydrogen (secondary N) is 2. The fourth-order valence-electron chi connectivity index (χ4n) is 1.03. The maximum atomic E-state index is 11.4. The number of aromatic nitrogens is 2. The highest BCUT2D eigenvalue weighted by Gasteiger charge is 2.13. The Kier molecular flexibility index (Phi) is 3.85. The highest BCUT2D eigenvalue weighted by atomic mass is 16.5. The molecule has 1 heterocycles. The number of hydrogen-bond acceptors (Lipinski definition) is 3. The van der Waals surface area contributed by atoms with Crippen molar-refractivity contribution in [1.82, 2.24) is 10.2 Å². The number of aromatic amines is 1. The van der Waals surface area contributed by atoms with Crippen LogP contribution in [-0.4, -0.2) is 29.3 Å². The van der Waals surface area contributed by atoms with Crippen molar-refractivity contribution in [3.8, 4) is 0 Å². The van der Waals surface area contributed by atoms with E-state index in [1.807, 2.05) is 6.07 Å². The minimum atomic E-state index is -0.468. The molecule has 0 saturated carbocycles. The largest absolute Gasteiger partial charge is 0.372 e. The van der Waals surface area contributed by atoms with Gasteiger partial charge in [0.05, 0.1) is 0 Å². The van der Waals surface area contributed by atoms with Crippen LogP contribution in [0.3, 0.4) is 0 Å². The summed E-state index contributed by atoms with van der Waals surface area (Å²) >= 11 is 0. The van der Waals surface area contributed by atoms with Crippen molar-refractivity contribution >= 4 is 11.7 Å². The van der Waals surface area contributed by atoms with Gasteiger partial charge in [-0.15, -0.1) is 0 Å². The number of carbonyl (C=O) groups excluding carboxylic acids is 1. The summed E-state index contributed by atoms with van der Waals surface area (Å²) < 4.78 is 4.89. The van der Waals surface area contributed by atoms with Crippen LogP contribution in [-0.2, 0) is 9.53 Å². The maximum absolute atomic E-state index is 11.4. The SMILES string of the molecule is COC(C)C(=O)Nc1cc(C(C)C)[nH]n1. The fourth-order valence-corrected chi connectivity index (χ4v) is 1.03. The van der Waals surface area contributed by atoms with Gasteiger partial charge in [-0.05, 0) is 12.8 Å². The molecule has 1 aromatic heterocycles. The van der Waals surface area contributed by atoms with Gasteiger partial charge in [-0.25, -0.2) is 0 Å². The van der Waals surface area contributed by atoms with E-state index in [1.165, 1.54) is 7.11 Å². The lowest BCUT2D eigenvalue weighted by Gasteiger charge is -2.07. The molecule has 0 aliphatic heterocycles. The topological polar surface area (TPSA) is 67.0 Å². The molecule has 0 radical (unpaired) electrons. The van der Waals surface area contributed by atoms with Gasteiger partial charge in [0.2, 0.25) is 0 Å². The quantitative estimate of drug-likeness (QED) is 0.793. The maximum Gasteiger partial charge on any atom is 0.254 e. The third kappa shape index (κ3) is 3.06. The zero-order chi connectivity index (χ0) is 11.4. The van der Waals surface area contributed by atoms with Gasteiger partial charge < -0.3 is 10.1 Å². The van der Waals surface area contributed by atoms with Crippen molar-refractivity contribution in [2.24, 2.45) is 0 Å². The molecule has 1 unspecified atom stereocenters. The first kappa shape index (κ1) is 11.7. The van der Waals surface area contributed by atoms with E-state index in [9.17, 15) is 4.79 Å². The highest BCUT2D eigenvalue weighted by Crippen LogP contribution is 2.14. The van der Waals surface area contributed by atoms with Crippen LogP contribution in [0.1, 0.15) is 32.4 Å². The number of rotatable bonds is 4. The molecular formula is C10H17N3O2. The third-order valence-electron chi connectivity index (χ3n) is 2.19.